The zero-order valence-corrected chi connectivity index (χ0v) is 11.5. The molecule has 0 spiro atoms. The summed E-state index contributed by atoms with van der Waals surface area (Å²) in [7, 11) is 0. The Balaban J connectivity index is 2.59. The maximum Gasteiger partial charge on any atom is 0.408 e. The Morgan fingerprint density at radius 3 is 2.33 bits per heavy atom. The van der Waals surface area contributed by atoms with Crippen LogP contribution in [0.15, 0.2) is 36.9 Å². The van der Waals surface area contributed by atoms with Crippen LogP contribution in [0.4, 0.5) is 4.79 Å². The van der Waals surface area contributed by atoms with Crippen molar-refractivity contribution in [1.82, 2.24) is 5.32 Å². The van der Waals surface area contributed by atoms with Crippen molar-refractivity contribution in [1.29, 1.82) is 0 Å². The molecule has 0 radical (unpaired) electrons. The third-order valence-corrected chi connectivity index (χ3v) is 2.40. The van der Waals surface area contributed by atoms with Gasteiger partial charge in [-0.25, -0.2) is 4.79 Å². The fourth-order valence-corrected chi connectivity index (χ4v) is 1.47. The average molecular weight is 247 g/mol. The summed E-state index contributed by atoms with van der Waals surface area (Å²) in [5.41, 5.74) is 1.39. The van der Waals surface area contributed by atoms with Crippen molar-refractivity contribution in [3.8, 4) is 0 Å². The van der Waals surface area contributed by atoms with E-state index in [0.717, 1.165) is 11.1 Å². The molecule has 1 aromatic rings. The topological polar surface area (TPSA) is 38.3 Å². The smallest absolute Gasteiger partial charge is 0.408 e. The van der Waals surface area contributed by atoms with Crippen molar-refractivity contribution >= 4 is 11.7 Å². The minimum atomic E-state index is -0.488. The molecule has 3 nitrogen and oxygen atoms in total. The zero-order chi connectivity index (χ0) is 13.8. The first-order chi connectivity index (χ1) is 8.29. The van der Waals surface area contributed by atoms with Crippen LogP contribution in [-0.2, 0) is 4.74 Å². The Hall–Kier alpha value is -1.77. The van der Waals surface area contributed by atoms with Crippen molar-refractivity contribution in [2.45, 2.75) is 39.3 Å². The van der Waals surface area contributed by atoms with Crippen LogP contribution in [0.1, 0.15) is 33.3 Å². The van der Waals surface area contributed by atoms with Gasteiger partial charge in [0.25, 0.3) is 0 Å². The lowest BCUT2D eigenvalue weighted by atomic mass is 10.0. The Kier molecular flexibility index (Phi) is 4.54. The van der Waals surface area contributed by atoms with Crippen LogP contribution in [0.5, 0.6) is 0 Å². The van der Waals surface area contributed by atoms with Crippen LogP contribution in [0.3, 0.4) is 0 Å². The molecule has 18 heavy (non-hydrogen) atoms. The molecule has 1 amide bonds. The number of hydrogen-bond donors (Lipinski definition) is 1. The molecule has 0 aliphatic rings. The first kappa shape index (κ1) is 14.3. The number of hydrogen-bond acceptors (Lipinski definition) is 2. The van der Waals surface area contributed by atoms with Gasteiger partial charge in [0.2, 0.25) is 0 Å². The van der Waals surface area contributed by atoms with Crippen molar-refractivity contribution in [2.24, 2.45) is 0 Å². The maximum absolute atomic E-state index is 11.6. The number of carbonyl (C=O) groups excluding carboxylic acids is 1. The predicted octanol–water partition coefficient (Wildman–Crippen LogP) is 3.61. The number of carbonyl (C=O) groups is 1. The second-order valence-electron chi connectivity index (χ2n) is 5.26. The lowest BCUT2D eigenvalue weighted by Crippen LogP contribution is -2.38. The van der Waals surface area contributed by atoms with Gasteiger partial charge in [0, 0.05) is 0 Å². The van der Waals surface area contributed by atoms with E-state index in [9.17, 15) is 4.79 Å². The van der Waals surface area contributed by atoms with E-state index in [2.05, 4.69) is 11.9 Å². The summed E-state index contributed by atoms with van der Waals surface area (Å²) in [5, 5.41) is 2.77. The van der Waals surface area contributed by atoms with Gasteiger partial charge < -0.3 is 10.1 Å². The quantitative estimate of drug-likeness (QED) is 0.886. The van der Waals surface area contributed by atoms with Crippen LogP contribution in [0, 0.1) is 0 Å². The van der Waals surface area contributed by atoms with E-state index in [4.69, 9.17) is 4.74 Å². The third-order valence-electron chi connectivity index (χ3n) is 2.40. The van der Waals surface area contributed by atoms with Gasteiger partial charge >= 0.3 is 6.09 Å². The van der Waals surface area contributed by atoms with Crippen molar-refractivity contribution in [3.05, 3.63) is 42.5 Å². The molecule has 0 aromatic heterocycles. The van der Waals surface area contributed by atoms with Crippen LogP contribution >= 0.6 is 0 Å². The van der Waals surface area contributed by atoms with Gasteiger partial charge in [0.15, 0.2) is 0 Å². The molecule has 0 aliphatic carbocycles. The highest BCUT2D eigenvalue weighted by Gasteiger charge is 2.18. The fraction of sp³-hybridized carbons (Fsp3) is 0.400. The molecule has 3 heteroatoms. The minimum absolute atomic E-state index is 0.165. The van der Waals surface area contributed by atoms with Gasteiger partial charge in [-0.15, -0.1) is 0 Å². The fourth-order valence-electron chi connectivity index (χ4n) is 1.47. The predicted molar refractivity (Wildman–Crippen MR) is 74.3 cm³/mol. The van der Waals surface area contributed by atoms with E-state index in [-0.39, 0.29) is 6.04 Å². The Bertz CT molecular complexity index is 418. The summed E-state index contributed by atoms with van der Waals surface area (Å²) in [6.07, 6.45) is -0.424. The molecule has 0 fully saturated rings. The number of rotatable bonds is 3. The highest BCUT2D eigenvalue weighted by molar-refractivity contribution is 5.74. The highest BCUT2D eigenvalue weighted by Crippen LogP contribution is 2.16. The number of nitrogens with one attached hydrogen (secondary N) is 1. The second kappa shape index (κ2) is 5.71. The van der Waals surface area contributed by atoms with Gasteiger partial charge in [-0.05, 0) is 38.8 Å². The monoisotopic (exact) mass is 247 g/mol. The minimum Gasteiger partial charge on any atom is -0.444 e. The zero-order valence-electron chi connectivity index (χ0n) is 11.5. The molecule has 0 bridgehead atoms. The standard InChI is InChI=1S/C15H21NO2/c1-11(13-9-7-6-8-10-13)12(2)16-14(17)18-15(3,4)5/h6-10,12H,1H2,2-5H3,(H,16,17). The highest BCUT2D eigenvalue weighted by atomic mass is 16.6. The van der Waals surface area contributed by atoms with Crippen LogP contribution in [-0.4, -0.2) is 17.7 Å². The van der Waals surface area contributed by atoms with E-state index in [1.54, 1.807) is 0 Å². The number of benzene rings is 1. The van der Waals surface area contributed by atoms with Crippen molar-refractivity contribution < 1.29 is 9.53 Å². The summed E-state index contributed by atoms with van der Waals surface area (Å²) < 4.78 is 5.20. The van der Waals surface area contributed by atoms with Crippen molar-refractivity contribution in [3.63, 3.8) is 0 Å². The summed E-state index contributed by atoms with van der Waals surface area (Å²) in [5.74, 6) is 0. The lowest BCUT2D eigenvalue weighted by molar-refractivity contribution is 0.0519. The number of alkyl carbamates (subject to hydrolysis) is 1. The number of amides is 1. The van der Waals surface area contributed by atoms with Crippen LogP contribution < -0.4 is 5.32 Å². The Morgan fingerprint density at radius 2 is 1.83 bits per heavy atom. The van der Waals surface area contributed by atoms with E-state index >= 15 is 0 Å². The number of ether oxygens (including phenoxy) is 1. The molecule has 0 saturated carbocycles. The maximum atomic E-state index is 11.6. The molecule has 1 rings (SSSR count). The summed E-state index contributed by atoms with van der Waals surface area (Å²) in [6.45, 7) is 11.4. The van der Waals surface area contributed by atoms with Gasteiger partial charge in [-0.3, -0.25) is 0 Å². The Morgan fingerprint density at radius 1 is 1.28 bits per heavy atom. The molecular weight excluding hydrogens is 226 g/mol. The molecular formula is C15H21NO2. The first-order valence-corrected chi connectivity index (χ1v) is 6.03. The molecule has 0 saturated heterocycles. The first-order valence-electron chi connectivity index (χ1n) is 6.03. The third kappa shape index (κ3) is 4.62. The van der Waals surface area contributed by atoms with Crippen LogP contribution in [0.25, 0.3) is 5.57 Å². The summed E-state index contributed by atoms with van der Waals surface area (Å²) in [4.78, 5) is 11.6. The van der Waals surface area contributed by atoms with Crippen LogP contribution in [0.2, 0.25) is 0 Å². The molecule has 1 aromatic carbocycles. The normalized spacial score (nSPS) is 12.7. The van der Waals surface area contributed by atoms with Gasteiger partial charge in [0.05, 0.1) is 6.04 Å². The van der Waals surface area contributed by atoms with Gasteiger partial charge in [0.1, 0.15) is 5.60 Å². The SMILES string of the molecule is C=C(c1ccccc1)C(C)NC(=O)OC(C)(C)C. The van der Waals surface area contributed by atoms with Crippen molar-refractivity contribution in [2.75, 3.05) is 0 Å². The van der Waals surface area contributed by atoms with E-state index in [0.29, 0.717) is 0 Å². The van der Waals surface area contributed by atoms with Gasteiger partial charge in [-0.1, -0.05) is 36.9 Å². The summed E-state index contributed by atoms with van der Waals surface area (Å²) in [6, 6.07) is 9.61. The van der Waals surface area contributed by atoms with E-state index < -0.39 is 11.7 Å². The molecule has 0 aliphatic heterocycles. The largest absolute Gasteiger partial charge is 0.444 e. The molecule has 1 unspecified atom stereocenters. The molecule has 98 valence electrons. The van der Waals surface area contributed by atoms with Gasteiger partial charge in [-0.2, -0.15) is 0 Å². The second-order valence-corrected chi connectivity index (χ2v) is 5.26. The average Bonchev–Trinajstić information content (AvgIpc) is 2.26. The Labute approximate surface area is 109 Å². The molecule has 0 heterocycles. The molecule has 1 atom stereocenters. The molecule has 1 N–H and O–H groups in total. The van der Waals surface area contributed by atoms with E-state index in [1.807, 2.05) is 58.0 Å². The lowest BCUT2D eigenvalue weighted by Gasteiger charge is -2.23. The summed E-state index contributed by atoms with van der Waals surface area (Å²) >= 11 is 0. The van der Waals surface area contributed by atoms with E-state index in [1.165, 1.54) is 0 Å².